The van der Waals surface area contributed by atoms with Crippen molar-refractivity contribution in [3.05, 3.63) is 27.7 Å². The van der Waals surface area contributed by atoms with Gasteiger partial charge in [-0.05, 0) is 12.1 Å². The summed E-state index contributed by atoms with van der Waals surface area (Å²) < 4.78 is 0. The number of aliphatic hydroxyl groups is 2. The molecule has 0 aromatic heterocycles. The van der Waals surface area contributed by atoms with Crippen molar-refractivity contribution in [1.82, 2.24) is 4.90 Å². The van der Waals surface area contributed by atoms with Gasteiger partial charge in [0, 0.05) is 18.7 Å². The Bertz CT molecular complexity index is 462. The molecule has 98 valence electrons. The Hall–Kier alpha value is -1.01. The molecule has 1 aromatic carbocycles. The van der Waals surface area contributed by atoms with Crippen LogP contribution in [0.15, 0.2) is 12.1 Å². The van der Waals surface area contributed by atoms with Crippen LogP contribution in [-0.2, 0) is 0 Å². The van der Waals surface area contributed by atoms with Gasteiger partial charge >= 0.3 is 0 Å². The van der Waals surface area contributed by atoms with E-state index in [4.69, 9.17) is 28.9 Å². The van der Waals surface area contributed by atoms with Gasteiger partial charge in [-0.2, -0.15) is 0 Å². The molecule has 2 atom stereocenters. The molecule has 5 nitrogen and oxygen atoms in total. The molecule has 18 heavy (non-hydrogen) atoms. The van der Waals surface area contributed by atoms with E-state index in [1.807, 2.05) is 0 Å². The van der Waals surface area contributed by atoms with Gasteiger partial charge in [0.05, 0.1) is 27.9 Å². The van der Waals surface area contributed by atoms with E-state index < -0.39 is 12.2 Å². The van der Waals surface area contributed by atoms with Crippen LogP contribution in [0.1, 0.15) is 10.4 Å². The molecule has 4 N–H and O–H groups in total. The first-order chi connectivity index (χ1) is 8.40. The monoisotopic (exact) mass is 290 g/mol. The topological polar surface area (TPSA) is 86.8 Å². The summed E-state index contributed by atoms with van der Waals surface area (Å²) in [6.45, 7) is 0.167. The molecule has 2 rings (SSSR count). The molecule has 7 heteroatoms. The fourth-order valence-corrected chi connectivity index (χ4v) is 2.19. The van der Waals surface area contributed by atoms with E-state index in [1.165, 1.54) is 17.0 Å². The van der Waals surface area contributed by atoms with Crippen molar-refractivity contribution in [1.29, 1.82) is 0 Å². The van der Waals surface area contributed by atoms with Crippen LogP contribution in [0.5, 0.6) is 0 Å². The summed E-state index contributed by atoms with van der Waals surface area (Å²) in [4.78, 5) is 13.4. The first-order valence-corrected chi connectivity index (χ1v) is 6.05. The number of carbonyl (C=O) groups is 1. The van der Waals surface area contributed by atoms with Gasteiger partial charge in [-0.3, -0.25) is 4.79 Å². The number of halogens is 2. The molecule has 1 aliphatic heterocycles. The number of likely N-dealkylation sites (tertiary alicyclic amines) is 1. The van der Waals surface area contributed by atoms with Crippen molar-refractivity contribution in [2.24, 2.45) is 0 Å². The molecule has 1 aromatic rings. The second-order valence-electron chi connectivity index (χ2n) is 4.21. The maximum absolute atomic E-state index is 12.1. The molecule has 1 heterocycles. The van der Waals surface area contributed by atoms with Crippen LogP contribution >= 0.6 is 23.2 Å². The highest BCUT2D eigenvalue weighted by atomic mass is 35.5. The van der Waals surface area contributed by atoms with Crippen LogP contribution in [0.25, 0.3) is 0 Å². The predicted molar refractivity (Wildman–Crippen MR) is 68.8 cm³/mol. The van der Waals surface area contributed by atoms with Gasteiger partial charge in [0.1, 0.15) is 0 Å². The normalized spacial score (nSPS) is 23.4. The number of nitrogens with two attached hydrogens (primary N) is 1. The Morgan fingerprint density at radius 2 is 1.83 bits per heavy atom. The molecular formula is C11H12Cl2N2O3. The number of β-amino-alcohol motifs (C(OH)–C–C–N with tert-alkyl or cyclic N) is 2. The lowest BCUT2D eigenvalue weighted by Crippen LogP contribution is -2.29. The van der Waals surface area contributed by atoms with E-state index in [-0.39, 0.29) is 40.3 Å². The Morgan fingerprint density at radius 1 is 1.28 bits per heavy atom. The van der Waals surface area contributed by atoms with Crippen LogP contribution in [-0.4, -0.2) is 46.3 Å². The van der Waals surface area contributed by atoms with Gasteiger partial charge in [-0.1, -0.05) is 23.2 Å². The molecule has 1 saturated heterocycles. The molecule has 2 unspecified atom stereocenters. The fourth-order valence-electron chi connectivity index (χ4n) is 1.85. The smallest absolute Gasteiger partial charge is 0.254 e. The summed E-state index contributed by atoms with van der Waals surface area (Å²) in [5, 5.41) is 19.2. The zero-order valence-electron chi connectivity index (χ0n) is 9.31. The summed E-state index contributed by atoms with van der Waals surface area (Å²) in [6, 6.07) is 2.84. The lowest BCUT2D eigenvalue weighted by Gasteiger charge is -2.16. The third-order valence-corrected chi connectivity index (χ3v) is 3.67. The predicted octanol–water partition coefficient (Wildman–Crippen LogP) is 0.753. The number of rotatable bonds is 1. The molecule has 0 aliphatic carbocycles. The van der Waals surface area contributed by atoms with Crippen molar-refractivity contribution < 1.29 is 15.0 Å². The summed E-state index contributed by atoms with van der Waals surface area (Å²) in [5.41, 5.74) is 6.12. The third kappa shape index (κ3) is 2.40. The Morgan fingerprint density at radius 3 is 2.33 bits per heavy atom. The fraction of sp³-hybridized carbons (Fsp3) is 0.364. The molecule has 0 bridgehead atoms. The SMILES string of the molecule is Nc1cc(C(=O)N2CC(O)C(O)C2)cc(Cl)c1Cl. The van der Waals surface area contributed by atoms with Crippen molar-refractivity contribution in [2.75, 3.05) is 18.8 Å². The van der Waals surface area contributed by atoms with E-state index in [0.717, 1.165) is 0 Å². The minimum Gasteiger partial charge on any atom is -0.397 e. The zero-order chi connectivity index (χ0) is 13.4. The van der Waals surface area contributed by atoms with Crippen molar-refractivity contribution in [3.63, 3.8) is 0 Å². The highest BCUT2D eigenvalue weighted by Gasteiger charge is 2.33. The van der Waals surface area contributed by atoms with E-state index >= 15 is 0 Å². The lowest BCUT2D eigenvalue weighted by molar-refractivity contribution is 0.0572. The second kappa shape index (κ2) is 4.93. The number of amides is 1. The van der Waals surface area contributed by atoms with Crippen LogP contribution in [0.2, 0.25) is 10.0 Å². The van der Waals surface area contributed by atoms with Crippen molar-refractivity contribution >= 4 is 34.8 Å². The Kier molecular flexibility index (Phi) is 3.68. The second-order valence-corrected chi connectivity index (χ2v) is 4.99. The average molecular weight is 291 g/mol. The lowest BCUT2D eigenvalue weighted by atomic mass is 10.2. The van der Waals surface area contributed by atoms with Crippen LogP contribution in [0.4, 0.5) is 5.69 Å². The van der Waals surface area contributed by atoms with Gasteiger partial charge in [-0.15, -0.1) is 0 Å². The number of carbonyl (C=O) groups excluding carboxylic acids is 1. The van der Waals surface area contributed by atoms with E-state index in [1.54, 1.807) is 0 Å². The van der Waals surface area contributed by atoms with Crippen LogP contribution in [0.3, 0.4) is 0 Å². The molecule has 1 aliphatic rings. The minimum absolute atomic E-state index is 0.0835. The van der Waals surface area contributed by atoms with Crippen LogP contribution in [0, 0.1) is 0 Å². The molecule has 0 radical (unpaired) electrons. The maximum atomic E-state index is 12.1. The van der Waals surface area contributed by atoms with Gasteiger partial charge in [0.15, 0.2) is 0 Å². The first kappa shape index (κ1) is 13.4. The van der Waals surface area contributed by atoms with E-state index in [9.17, 15) is 15.0 Å². The Labute approximate surface area is 114 Å². The number of anilines is 1. The van der Waals surface area contributed by atoms with Crippen molar-refractivity contribution in [2.45, 2.75) is 12.2 Å². The van der Waals surface area contributed by atoms with Gasteiger partial charge in [-0.25, -0.2) is 0 Å². The largest absolute Gasteiger partial charge is 0.397 e. The molecule has 1 fully saturated rings. The molecule has 0 saturated carbocycles. The standard InChI is InChI=1S/C11H12Cl2N2O3/c12-6-1-5(2-7(14)10(6)13)11(18)15-3-8(16)9(17)4-15/h1-2,8-9,16-17H,3-4,14H2. The Balaban J connectivity index is 2.25. The summed E-state index contributed by atoms with van der Waals surface area (Å²) >= 11 is 11.6. The zero-order valence-corrected chi connectivity index (χ0v) is 10.8. The number of nitrogen functional groups attached to an aromatic ring is 1. The average Bonchev–Trinajstić information content (AvgIpc) is 2.65. The van der Waals surface area contributed by atoms with Gasteiger partial charge in [0.2, 0.25) is 0 Å². The quantitative estimate of drug-likeness (QED) is 0.666. The number of nitrogens with zero attached hydrogens (tertiary/aromatic N) is 1. The number of benzene rings is 1. The van der Waals surface area contributed by atoms with Gasteiger partial charge < -0.3 is 20.8 Å². The van der Waals surface area contributed by atoms with E-state index in [0.29, 0.717) is 0 Å². The number of aliphatic hydroxyl groups excluding tert-OH is 2. The first-order valence-electron chi connectivity index (χ1n) is 5.30. The van der Waals surface area contributed by atoms with Crippen LogP contribution < -0.4 is 5.73 Å². The van der Waals surface area contributed by atoms with Gasteiger partial charge in [0.25, 0.3) is 5.91 Å². The molecular weight excluding hydrogens is 279 g/mol. The highest BCUT2D eigenvalue weighted by Crippen LogP contribution is 2.30. The number of hydrogen-bond donors (Lipinski definition) is 3. The summed E-state index contributed by atoms with van der Waals surface area (Å²) in [5.74, 6) is -0.351. The summed E-state index contributed by atoms with van der Waals surface area (Å²) in [7, 11) is 0. The maximum Gasteiger partial charge on any atom is 0.254 e. The summed E-state index contributed by atoms with van der Waals surface area (Å²) in [6.07, 6.45) is -1.84. The van der Waals surface area contributed by atoms with Crippen molar-refractivity contribution in [3.8, 4) is 0 Å². The molecule has 1 amide bonds. The molecule has 0 spiro atoms. The number of hydrogen-bond acceptors (Lipinski definition) is 4. The minimum atomic E-state index is -0.922. The third-order valence-electron chi connectivity index (χ3n) is 2.85. The highest BCUT2D eigenvalue weighted by molar-refractivity contribution is 6.43. The van der Waals surface area contributed by atoms with E-state index in [2.05, 4.69) is 0 Å².